The van der Waals surface area contributed by atoms with Crippen LogP contribution in [0.2, 0.25) is 0 Å². The standard InChI is InChI=1S/C19H23FN3O9P/c1-11(17(26)27)22-33(29,32-12-6-4-3-5-7-12)30-10-19(2)15(25)14(20)16(31-19)23-13(24)8-9-21-18(23)28/h3-9,11,14-16,25H,10H2,1-2H3,(H,21,28)(H,22,29)(H,26,27)/t11?,14-,15+,16-,19-,33?/m1/s1/i2D3,13+1. The Hall–Kier alpha value is -2.83. The van der Waals surface area contributed by atoms with Gasteiger partial charge in [-0.3, -0.25) is 14.1 Å². The fourth-order valence-corrected chi connectivity index (χ4v) is 4.46. The number of carbonyl (C=O) groups is 1. The largest absolute Gasteiger partial charge is 0.480 e. The molecule has 33 heavy (non-hydrogen) atoms. The van der Waals surface area contributed by atoms with Gasteiger partial charge >= 0.3 is 19.4 Å². The fraction of sp³-hybridized carbons (Fsp3) is 0.421. The molecule has 1 aromatic heterocycles. The molecule has 180 valence electrons. The van der Waals surface area contributed by atoms with Crippen molar-refractivity contribution in [1.29, 1.82) is 0 Å². The Morgan fingerprint density at radius 2 is 2.12 bits per heavy atom. The van der Waals surface area contributed by atoms with Crippen LogP contribution in [-0.4, -0.2) is 56.3 Å². The number of aromatic amines is 1. The molecule has 0 amide bonds. The average molecular weight is 491 g/mol. The number of ether oxygens (including phenoxy) is 1. The predicted molar refractivity (Wildman–Crippen MR) is 112 cm³/mol. The van der Waals surface area contributed by atoms with Gasteiger partial charge in [0.15, 0.2) is 12.4 Å². The molecule has 0 bridgehead atoms. The molecule has 1 aliphatic heterocycles. The van der Waals surface area contributed by atoms with E-state index in [4.69, 9.17) is 17.9 Å². The molecule has 1 aromatic carbocycles. The van der Waals surface area contributed by atoms with Gasteiger partial charge in [-0.2, -0.15) is 5.09 Å². The van der Waals surface area contributed by atoms with Gasteiger partial charge in [0, 0.05) is 16.4 Å². The van der Waals surface area contributed by atoms with E-state index in [0.29, 0.717) is 0 Å². The van der Waals surface area contributed by atoms with Crippen LogP contribution in [0.1, 0.15) is 24.1 Å². The van der Waals surface area contributed by atoms with Crippen LogP contribution < -0.4 is 20.9 Å². The third-order valence-electron chi connectivity index (χ3n) is 4.67. The molecule has 1 aliphatic rings. The molecule has 3 rings (SSSR count). The number of para-hydroxylation sites is 1. The maximum absolute atomic E-state index is 15.1. The van der Waals surface area contributed by atoms with Crippen molar-refractivity contribution in [1.82, 2.24) is 14.6 Å². The Kier molecular flexibility index (Phi) is 6.02. The second-order valence-electron chi connectivity index (χ2n) is 7.14. The fourth-order valence-electron chi connectivity index (χ4n) is 2.94. The number of carboxylic acids is 1. The minimum Gasteiger partial charge on any atom is -0.480 e. The number of alkyl halides is 1. The molecule has 12 nitrogen and oxygen atoms in total. The van der Waals surface area contributed by atoms with E-state index in [9.17, 15) is 29.2 Å². The number of aromatic nitrogens is 2. The summed E-state index contributed by atoms with van der Waals surface area (Å²) in [5, 5.41) is 21.9. The third-order valence-corrected chi connectivity index (χ3v) is 6.29. The number of nitrogens with zero attached hydrogens (tertiary/aromatic N) is 1. The van der Waals surface area contributed by atoms with Crippen LogP contribution in [0.5, 0.6) is 5.75 Å². The Balaban J connectivity index is 1.99. The van der Waals surface area contributed by atoms with Gasteiger partial charge in [-0.15, -0.1) is 0 Å². The van der Waals surface area contributed by atoms with Crippen molar-refractivity contribution in [3.8, 4) is 5.75 Å². The smallest absolute Gasteiger partial charge is 0.459 e. The molecule has 0 saturated carbocycles. The molecule has 4 N–H and O–H groups in total. The van der Waals surface area contributed by atoms with Gasteiger partial charge in [-0.1, -0.05) is 18.2 Å². The second-order valence-corrected chi connectivity index (χ2v) is 8.84. The Morgan fingerprint density at radius 3 is 2.73 bits per heavy atom. The number of hydrogen-bond acceptors (Lipinski definition) is 8. The van der Waals surface area contributed by atoms with Gasteiger partial charge in [0.1, 0.15) is 23.5 Å². The van der Waals surface area contributed by atoms with Crippen molar-refractivity contribution in [2.24, 2.45) is 0 Å². The SMILES string of the molecule is [2H]C([2H])([2H])[C@]1(COP(=O)(NC(C)C(=O)O)Oc2ccccc2)O[C@@H](n2c(=O)[nH]cc[13c]2=O)[C@H](F)[C@@H]1O. The van der Waals surface area contributed by atoms with E-state index in [1.165, 1.54) is 24.3 Å². The lowest BCUT2D eigenvalue weighted by Gasteiger charge is -2.29. The van der Waals surface area contributed by atoms with Crippen molar-refractivity contribution in [3.05, 3.63) is 63.4 Å². The lowest BCUT2D eigenvalue weighted by molar-refractivity contribution is -0.138. The van der Waals surface area contributed by atoms with Gasteiger partial charge in [0.05, 0.1) is 6.61 Å². The van der Waals surface area contributed by atoms with Crippen LogP contribution in [-0.2, 0) is 18.6 Å². The Morgan fingerprint density at radius 1 is 1.42 bits per heavy atom. The molecule has 0 radical (unpaired) electrons. The average Bonchev–Trinajstić information content (AvgIpc) is 3.04. The summed E-state index contributed by atoms with van der Waals surface area (Å²) in [5.41, 5.74) is -5.13. The minimum absolute atomic E-state index is 0.0506. The molecular weight excluding hydrogens is 465 g/mol. The molecule has 2 heterocycles. The quantitative estimate of drug-likeness (QED) is 0.368. The summed E-state index contributed by atoms with van der Waals surface area (Å²) in [6, 6.07) is 6.65. The molecule has 14 heteroatoms. The summed E-state index contributed by atoms with van der Waals surface area (Å²) in [6.45, 7) is -3.56. The van der Waals surface area contributed by atoms with Gasteiger partial charge in [0.25, 0.3) is 5.56 Å². The first-order chi connectivity index (χ1) is 16.7. The first-order valence-corrected chi connectivity index (χ1v) is 11.0. The van der Waals surface area contributed by atoms with Crippen LogP contribution in [0.25, 0.3) is 0 Å². The summed E-state index contributed by atoms with van der Waals surface area (Å²) in [5.74, 6) is -1.50. The van der Waals surface area contributed by atoms with Gasteiger partial charge < -0.3 is 24.5 Å². The van der Waals surface area contributed by atoms with Crippen molar-refractivity contribution < 1.29 is 41.9 Å². The molecule has 2 unspecified atom stereocenters. The van der Waals surface area contributed by atoms with Gasteiger partial charge in [0.2, 0.25) is 0 Å². The van der Waals surface area contributed by atoms with Gasteiger partial charge in [-0.05, 0) is 25.9 Å². The zero-order valence-electron chi connectivity index (χ0n) is 20.1. The topological polar surface area (TPSA) is 169 Å². The first kappa shape index (κ1) is 20.8. The molecular formula is C19H23FN3O9P. The summed E-state index contributed by atoms with van der Waals surface area (Å²) >= 11 is 0. The Labute approximate surface area is 190 Å². The highest BCUT2D eigenvalue weighted by atomic mass is 31.2. The number of benzene rings is 1. The van der Waals surface area contributed by atoms with E-state index < -0.39 is 68.6 Å². The highest BCUT2D eigenvalue weighted by molar-refractivity contribution is 7.52. The normalized spacial score (nSPS) is 29.3. The van der Waals surface area contributed by atoms with E-state index in [1.807, 2.05) is 0 Å². The molecule has 2 aromatic rings. The maximum Gasteiger partial charge on any atom is 0.459 e. The number of nitrogens with one attached hydrogen (secondary N) is 2. The van der Waals surface area contributed by atoms with Crippen LogP contribution in [0.15, 0.2) is 52.2 Å². The summed E-state index contributed by atoms with van der Waals surface area (Å²) in [6.07, 6.45) is -6.30. The van der Waals surface area contributed by atoms with Gasteiger partial charge in [-0.25, -0.2) is 18.3 Å². The van der Waals surface area contributed by atoms with E-state index >= 15 is 4.39 Å². The lowest BCUT2D eigenvalue weighted by Crippen LogP contribution is -2.44. The maximum atomic E-state index is 15.1. The lowest BCUT2D eigenvalue weighted by atomic mass is 9.99. The zero-order chi connectivity index (χ0) is 26.9. The van der Waals surface area contributed by atoms with Crippen LogP contribution in [0, 0.1) is 0 Å². The van der Waals surface area contributed by atoms with Crippen LogP contribution >= 0.6 is 7.75 Å². The highest BCUT2D eigenvalue weighted by Gasteiger charge is 2.55. The molecule has 6 atom stereocenters. The number of rotatable bonds is 9. The minimum atomic E-state index is -4.70. The Bertz CT molecular complexity index is 1230. The number of carboxylic acid groups (broad SMARTS) is 1. The number of aliphatic carboxylic acids is 1. The number of hydrogen-bond donors (Lipinski definition) is 4. The van der Waals surface area contributed by atoms with Crippen molar-refractivity contribution in [2.45, 2.75) is 43.9 Å². The van der Waals surface area contributed by atoms with E-state index in [1.54, 1.807) is 6.07 Å². The second kappa shape index (κ2) is 9.57. The first-order valence-electron chi connectivity index (χ1n) is 11.0. The molecule has 1 saturated heterocycles. The number of aliphatic hydroxyl groups is 1. The van der Waals surface area contributed by atoms with Crippen molar-refractivity contribution >= 4 is 13.7 Å². The summed E-state index contributed by atoms with van der Waals surface area (Å²) in [4.78, 5) is 37.7. The number of halogens is 1. The predicted octanol–water partition coefficient (Wildman–Crippen LogP) is 0.789. The highest BCUT2D eigenvalue weighted by Crippen LogP contribution is 2.47. The summed E-state index contributed by atoms with van der Waals surface area (Å²) in [7, 11) is -4.70. The van der Waals surface area contributed by atoms with E-state index in [2.05, 4.69) is 10.1 Å². The molecule has 1 fully saturated rings. The molecule has 0 aliphatic carbocycles. The van der Waals surface area contributed by atoms with Crippen molar-refractivity contribution in [2.75, 3.05) is 6.61 Å². The summed E-state index contributed by atoms with van der Waals surface area (Å²) < 4.78 is 68.2. The third kappa shape index (κ3) is 5.40. The van der Waals surface area contributed by atoms with E-state index in [-0.39, 0.29) is 10.3 Å². The van der Waals surface area contributed by atoms with Crippen LogP contribution in [0.3, 0.4) is 0 Å². The molecule has 0 spiro atoms. The van der Waals surface area contributed by atoms with Crippen molar-refractivity contribution in [3.63, 3.8) is 0 Å². The van der Waals surface area contributed by atoms with Crippen LogP contribution in [0.4, 0.5) is 4.39 Å². The monoisotopic (exact) mass is 491 g/mol. The number of H-pyrrole nitrogens is 1. The van der Waals surface area contributed by atoms with E-state index in [0.717, 1.165) is 19.2 Å². The zero-order valence-corrected chi connectivity index (χ0v) is 18.0. The number of aliphatic hydroxyl groups excluding tert-OH is 1.